The molecule has 0 bridgehead atoms. The molecule has 0 spiro atoms. The third-order valence-electron chi connectivity index (χ3n) is 1.99. The van der Waals surface area contributed by atoms with Gasteiger partial charge >= 0.3 is 0 Å². The molecule has 1 saturated heterocycles. The van der Waals surface area contributed by atoms with Gasteiger partial charge in [0.1, 0.15) is 0 Å². The SMILES string of the molecule is CN(C)CC(=O)NCC1CNCCO1. The van der Waals surface area contributed by atoms with Crippen molar-refractivity contribution < 1.29 is 9.53 Å². The predicted molar refractivity (Wildman–Crippen MR) is 54.2 cm³/mol. The van der Waals surface area contributed by atoms with Crippen LogP contribution in [-0.2, 0) is 9.53 Å². The first kappa shape index (κ1) is 11.4. The van der Waals surface area contributed by atoms with Crippen LogP contribution in [0.4, 0.5) is 0 Å². The highest BCUT2D eigenvalue weighted by atomic mass is 16.5. The van der Waals surface area contributed by atoms with E-state index in [1.807, 2.05) is 19.0 Å². The molecule has 0 aromatic rings. The molecule has 1 aliphatic rings. The first-order valence-electron chi connectivity index (χ1n) is 4.92. The molecule has 0 saturated carbocycles. The Bertz CT molecular complexity index is 179. The monoisotopic (exact) mass is 201 g/mol. The highest BCUT2D eigenvalue weighted by Crippen LogP contribution is 1.93. The fourth-order valence-corrected chi connectivity index (χ4v) is 1.32. The predicted octanol–water partition coefficient (Wildman–Crippen LogP) is -1.35. The Kier molecular flexibility index (Phi) is 4.86. The zero-order valence-corrected chi connectivity index (χ0v) is 8.88. The fraction of sp³-hybridized carbons (Fsp3) is 0.889. The van der Waals surface area contributed by atoms with E-state index in [-0.39, 0.29) is 12.0 Å². The summed E-state index contributed by atoms with van der Waals surface area (Å²) in [6.07, 6.45) is 0.120. The Balaban J connectivity index is 2.09. The van der Waals surface area contributed by atoms with Gasteiger partial charge < -0.3 is 20.3 Å². The van der Waals surface area contributed by atoms with Crippen molar-refractivity contribution in [3.63, 3.8) is 0 Å². The number of carbonyl (C=O) groups excluding carboxylic acids is 1. The van der Waals surface area contributed by atoms with Crippen LogP contribution in [0, 0.1) is 0 Å². The van der Waals surface area contributed by atoms with Crippen LogP contribution in [0.15, 0.2) is 0 Å². The normalized spacial score (nSPS) is 22.4. The van der Waals surface area contributed by atoms with Crippen molar-refractivity contribution >= 4 is 5.91 Å². The van der Waals surface area contributed by atoms with Gasteiger partial charge in [-0.15, -0.1) is 0 Å². The minimum absolute atomic E-state index is 0.0455. The van der Waals surface area contributed by atoms with Crippen molar-refractivity contribution in [1.29, 1.82) is 0 Å². The maximum Gasteiger partial charge on any atom is 0.234 e. The van der Waals surface area contributed by atoms with Gasteiger partial charge in [0.15, 0.2) is 0 Å². The van der Waals surface area contributed by atoms with Gasteiger partial charge in [-0.1, -0.05) is 0 Å². The summed E-state index contributed by atoms with van der Waals surface area (Å²) in [5, 5.41) is 6.05. The van der Waals surface area contributed by atoms with Crippen LogP contribution in [0.2, 0.25) is 0 Å². The summed E-state index contributed by atoms with van der Waals surface area (Å²) in [6, 6.07) is 0. The second-order valence-corrected chi connectivity index (χ2v) is 3.74. The second-order valence-electron chi connectivity index (χ2n) is 3.74. The standard InChI is InChI=1S/C9H19N3O2/c1-12(2)7-9(13)11-6-8-5-10-3-4-14-8/h8,10H,3-7H2,1-2H3,(H,11,13). The van der Waals surface area contributed by atoms with E-state index in [1.165, 1.54) is 0 Å². The van der Waals surface area contributed by atoms with E-state index >= 15 is 0 Å². The zero-order valence-electron chi connectivity index (χ0n) is 8.88. The van der Waals surface area contributed by atoms with Gasteiger partial charge in [-0.2, -0.15) is 0 Å². The molecule has 1 rings (SSSR count). The molecule has 5 nitrogen and oxygen atoms in total. The summed E-state index contributed by atoms with van der Waals surface area (Å²) in [4.78, 5) is 13.1. The lowest BCUT2D eigenvalue weighted by Gasteiger charge is -2.24. The molecule has 0 aliphatic carbocycles. The van der Waals surface area contributed by atoms with Crippen molar-refractivity contribution in [2.24, 2.45) is 0 Å². The first-order chi connectivity index (χ1) is 6.68. The van der Waals surface area contributed by atoms with Crippen molar-refractivity contribution in [2.45, 2.75) is 6.10 Å². The van der Waals surface area contributed by atoms with Crippen molar-refractivity contribution in [1.82, 2.24) is 15.5 Å². The molecule has 1 heterocycles. The van der Waals surface area contributed by atoms with Crippen LogP contribution in [0.1, 0.15) is 0 Å². The van der Waals surface area contributed by atoms with Crippen LogP contribution in [0.5, 0.6) is 0 Å². The van der Waals surface area contributed by atoms with Gasteiger partial charge in [0.2, 0.25) is 5.91 Å². The molecule has 5 heteroatoms. The quantitative estimate of drug-likeness (QED) is 0.591. The Morgan fingerprint density at radius 1 is 1.64 bits per heavy atom. The first-order valence-corrected chi connectivity index (χ1v) is 4.92. The average molecular weight is 201 g/mol. The number of carbonyl (C=O) groups is 1. The molecular formula is C9H19N3O2. The van der Waals surface area contributed by atoms with E-state index in [2.05, 4.69) is 10.6 Å². The minimum Gasteiger partial charge on any atom is -0.374 e. The van der Waals surface area contributed by atoms with Crippen LogP contribution >= 0.6 is 0 Å². The number of nitrogens with one attached hydrogen (secondary N) is 2. The molecule has 1 fully saturated rings. The molecule has 82 valence electrons. The number of nitrogens with zero attached hydrogens (tertiary/aromatic N) is 1. The lowest BCUT2D eigenvalue weighted by Crippen LogP contribution is -2.46. The van der Waals surface area contributed by atoms with E-state index in [1.54, 1.807) is 0 Å². The number of ether oxygens (including phenoxy) is 1. The summed E-state index contributed by atoms with van der Waals surface area (Å²) in [5.74, 6) is 0.0455. The van der Waals surface area contributed by atoms with Gasteiger partial charge in [-0.25, -0.2) is 0 Å². The molecule has 1 aliphatic heterocycles. The summed E-state index contributed by atoms with van der Waals surface area (Å²) in [7, 11) is 3.75. The maximum absolute atomic E-state index is 11.3. The lowest BCUT2D eigenvalue weighted by molar-refractivity contribution is -0.122. The maximum atomic E-state index is 11.3. The molecule has 2 N–H and O–H groups in total. The van der Waals surface area contributed by atoms with Gasteiger partial charge in [0, 0.05) is 19.6 Å². The van der Waals surface area contributed by atoms with Crippen molar-refractivity contribution in [3.8, 4) is 0 Å². The van der Waals surface area contributed by atoms with E-state index in [4.69, 9.17) is 4.74 Å². The van der Waals surface area contributed by atoms with Crippen molar-refractivity contribution in [3.05, 3.63) is 0 Å². The Morgan fingerprint density at radius 3 is 3.00 bits per heavy atom. The van der Waals surface area contributed by atoms with Gasteiger partial charge in [0.25, 0.3) is 0 Å². The molecule has 0 radical (unpaired) electrons. The lowest BCUT2D eigenvalue weighted by atomic mass is 10.3. The number of rotatable bonds is 4. The largest absolute Gasteiger partial charge is 0.374 e. The topological polar surface area (TPSA) is 53.6 Å². The number of hydrogen-bond acceptors (Lipinski definition) is 4. The number of hydrogen-bond donors (Lipinski definition) is 2. The van der Waals surface area contributed by atoms with Gasteiger partial charge in [-0.3, -0.25) is 4.79 Å². The van der Waals surface area contributed by atoms with Crippen LogP contribution in [0.3, 0.4) is 0 Å². The molecule has 0 aromatic carbocycles. The molecule has 0 aromatic heterocycles. The highest BCUT2D eigenvalue weighted by molar-refractivity contribution is 5.77. The van der Waals surface area contributed by atoms with Crippen molar-refractivity contribution in [2.75, 3.05) is 46.9 Å². The third-order valence-corrected chi connectivity index (χ3v) is 1.99. The number of morpholine rings is 1. The number of likely N-dealkylation sites (N-methyl/N-ethyl adjacent to an activating group) is 1. The second kappa shape index (κ2) is 5.95. The molecule has 1 unspecified atom stereocenters. The fourth-order valence-electron chi connectivity index (χ4n) is 1.32. The molecular weight excluding hydrogens is 182 g/mol. The highest BCUT2D eigenvalue weighted by Gasteiger charge is 2.13. The number of amides is 1. The van der Waals surface area contributed by atoms with Gasteiger partial charge in [-0.05, 0) is 14.1 Å². The summed E-state index contributed by atoms with van der Waals surface area (Å²) < 4.78 is 5.44. The Labute approximate surface area is 84.8 Å². The summed E-state index contributed by atoms with van der Waals surface area (Å²) >= 11 is 0. The van der Waals surface area contributed by atoms with E-state index in [0.29, 0.717) is 13.1 Å². The van der Waals surface area contributed by atoms with Crippen LogP contribution < -0.4 is 10.6 Å². The van der Waals surface area contributed by atoms with E-state index in [0.717, 1.165) is 19.7 Å². The zero-order chi connectivity index (χ0) is 10.4. The van der Waals surface area contributed by atoms with Crippen LogP contribution in [-0.4, -0.2) is 63.8 Å². The van der Waals surface area contributed by atoms with Crippen LogP contribution in [0.25, 0.3) is 0 Å². The van der Waals surface area contributed by atoms with Gasteiger partial charge in [0.05, 0.1) is 19.3 Å². The Hall–Kier alpha value is -0.650. The Morgan fingerprint density at radius 2 is 2.43 bits per heavy atom. The summed E-state index contributed by atoms with van der Waals surface area (Å²) in [5.41, 5.74) is 0. The molecule has 1 atom stereocenters. The third kappa shape index (κ3) is 4.55. The minimum atomic E-state index is 0.0455. The molecule has 1 amide bonds. The van der Waals surface area contributed by atoms with E-state index in [9.17, 15) is 4.79 Å². The summed E-state index contributed by atoms with van der Waals surface area (Å²) in [6.45, 7) is 3.48. The smallest absolute Gasteiger partial charge is 0.234 e. The molecule has 14 heavy (non-hydrogen) atoms. The van der Waals surface area contributed by atoms with E-state index < -0.39 is 0 Å². The average Bonchev–Trinajstić information content (AvgIpc) is 2.15.